The van der Waals surface area contributed by atoms with Crippen LogP contribution in [0.15, 0.2) is 35.7 Å². The number of para-hydroxylation sites is 1. The molecule has 0 saturated heterocycles. The molecule has 2 N–H and O–H groups in total. The summed E-state index contributed by atoms with van der Waals surface area (Å²) in [5.41, 5.74) is 0.412. The third kappa shape index (κ3) is 2.12. The number of allylic oxidation sites excluding steroid dienone is 1. The summed E-state index contributed by atoms with van der Waals surface area (Å²) in [6, 6.07) is 4.14. The molecule has 0 spiro atoms. The fraction of sp³-hybridized carbons (Fsp3) is 0.111. The van der Waals surface area contributed by atoms with Gasteiger partial charge in [-0.05, 0) is 18.1 Å². The Labute approximate surface area is 82.3 Å². The number of phenols is 1. The Morgan fingerprint density at radius 2 is 2.07 bits per heavy atom. The molecule has 0 bridgehead atoms. The quantitative estimate of drug-likeness (QED) is 0.588. The smallest absolute Gasteiger partial charge is 0.298 e. The van der Waals surface area contributed by atoms with Gasteiger partial charge in [0.05, 0.1) is 0 Å². The summed E-state index contributed by atoms with van der Waals surface area (Å²) < 4.78 is 30.3. The van der Waals surface area contributed by atoms with Crippen LogP contribution in [-0.4, -0.2) is 18.1 Å². The van der Waals surface area contributed by atoms with Gasteiger partial charge in [-0.3, -0.25) is 4.55 Å². The molecule has 0 heterocycles. The summed E-state index contributed by atoms with van der Waals surface area (Å²) in [6.07, 6.45) is 1.87. The van der Waals surface area contributed by atoms with E-state index in [1.807, 2.05) is 0 Å². The number of benzene rings is 1. The minimum Gasteiger partial charge on any atom is -0.506 e. The number of hydrogen-bond donors (Lipinski definition) is 2. The molecule has 0 fully saturated rings. The van der Waals surface area contributed by atoms with Crippen LogP contribution in [0.3, 0.4) is 0 Å². The van der Waals surface area contributed by atoms with Gasteiger partial charge in [-0.2, -0.15) is 8.42 Å². The first kappa shape index (κ1) is 10.7. The molecule has 14 heavy (non-hydrogen) atoms. The second kappa shape index (κ2) is 3.81. The van der Waals surface area contributed by atoms with E-state index in [1.54, 1.807) is 6.07 Å². The summed E-state index contributed by atoms with van der Waals surface area (Å²) in [7, 11) is -4.36. The van der Waals surface area contributed by atoms with E-state index in [-0.39, 0.29) is 0 Å². The Morgan fingerprint density at radius 1 is 1.43 bits per heavy atom. The second-order valence-corrected chi connectivity index (χ2v) is 4.12. The minimum absolute atomic E-state index is 0.342. The van der Waals surface area contributed by atoms with Crippen molar-refractivity contribution in [2.75, 3.05) is 0 Å². The molecule has 0 aromatic heterocycles. The number of phenolic OH excluding ortho intramolecular Hbond substituents is 1. The molecule has 0 atom stereocenters. The summed E-state index contributed by atoms with van der Waals surface area (Å²) in [4.78, 5) is -0.475. The Morgan fingerprint density at radius 3 is 2.57 bits per heavy atom. The van der Waals surface area contributed by atoms with Crippen LogP contribution < -0.4 is 0 Å². The van der Waals surface area contributed by atoms with E-state index in [0.717, 1.165) is 6.07 Å². The summed E-state index contributed by atoms with van der Waals surface area (Å²) in [6.45, 7) is 3.47. The SMILES string of the molecule is C=CCc1cccc(S(=O)(=O)O)c1O. The lowest BCUT2D eigenvalue weighted by Crippen LogP contribution is -1.99. The molecular formula is C9H10O4S. The van der Waals surface area contributed by atoms with Crippen molar-refractivity contribution in [3.05, 3.63) is 36.4 Å². The zero-order valence-electron chi connectivity index (χ0n) is 7.34. The summed E-state index contributed by atoms with van der Waals surface area (Å²) in [5.74, 6) is -0.421. The Kier molecular flexibility index (Phi) is 2.93. The normalized spacial score (nSPS) is 11.2. The average Bonchev–Trinajstić information content (AvgIpc) is 2.07. The van der Waals surface area contributed by atoms with Crippen LogP contribution in [-0.2, 0) is 16.5 Å². The second-order valence-electron chi connectivity index (χ2n) is 2.73. The van der Waals surface area contributed by atoms with Crippen LogP contribution >= 0.6 is 0 Å². The molecule has 0 amide bonds. The molecule has 4 nitrogen and oxygen atoms in total. The average molecular weight is 214 g/mol. The first-order chi connectivity index (χ1) is 6.46. The molecule has 1 aromatic carbocycles. The van der Waals surface area contributed by atoms with E-state index in [0.29, 0.717) is 12.0 Å². The van der Waals surface area contributed by atoms with Crippen LogP contribution in [0.2, 0.25) is 0 Å². The maximum absolute atomic E-state index is 10.8. The van der Waals surface area contributed by atoms with Gasteiger partial charge in [-0.1, -0.05) is 18.2 Å². The van der Waals surface area contributed by atoms with Crippen molar-refractivity contribution >= 4 is 10.1 Å². The van der Waals surface area contributed by atoms with Gasteiger partial charge in [0.15, 0.2) is 0 Å². The van der Waals surface area contributed by atoms with Crippen molar-refractivity contribution in [1.82, 2.24) is 0 Å². The maximum atomic E-state index is 10.8. The molecular weight excluding hydrogens is 204 g/mol. The van der Waals surface area contributed by atoms with Gasteiger partial charge in [-0.15, -0.1) is 6.58 Å². The molecule has 0 aliphatic carbocycles. The van der Waals surface area contributed by atoms with Crippen LogP contribution in [0.4, 0.5) is 0 Å². The monoisotopic (exact) mass is 214 g/mol. The summed E-state index contributed by atoms with van der Waals surface area (Å²) >= 11 is 0. The van der Waals surface area contributed by atoms with E-state index < -0.39 is 20.8 Å². The van der Waals surface area contributed by atoms with Gasteiger partial charge < -0.3 is 5.11 Å². The minimum atomic E-state index is -4.36. The lowest BCUT2D eigenvalue weighted by Gasteiger charge is -2.05. The zero-order valence-corrected chi connectivity index (χ0v) is 8.16. The highest BCUT2D eigenvalue weighted by Crippen LogP contribution is 2.26. The number of aromatic hydroxyl groups is 1. The van der Waals surface area contributed by atoms with Crippen LogP contribution in [0.25, 0.3) is 0 Å². The van der Waals surface area contributed by atoms with Crippen LogP contribution in [0.5, 0.6) is 5.75 Å². The molecule has 1 aromatic rings. The molecule has 1 rings (SSSR count). The lowest BCUT2D eigenvalue weighted by molar-refractivity contribution is 0.439. The van der Waals surface area contributed by atoms with Gasteiger partial charge in [0.1, 0.15) is 10.6 Å². The van der Waals surface area contributed by atoms with Gasteiger partial charge in [0.25, 0.3) is 10.1 Å². The third-order valence-electron chi connectivity index (χ3n) is 1.72. The third-order valence-corrected chi connectivity index (χ3v) is 2.61. The fourth-order valence-electron chi connectivity index (χ4n) is 1.10. The zero-order chi connectivity index (χ0) is 10.8. The van der Waals surface area contributed by atoms with Gasteiger partial charge >= 0.3 is 0 Å². The summed E-state index contributed by atoms with van der Waals surface area (Å²) in [5, 5.41) is 9.47. The molecule has 5 heteroatoms. The van der Waals surface area contributed by atoms with E-state index in [2.05, 4.69) is 6.58 Å². The first-order valence-electron chi connectivity index (χ1n) is 3.86. The van der Waals surface area contributed by atoms with Crippen molar-refractivity contribution in [3.8, 4) is 5.75 Å². The lowest BCUT2D eigenvalue weighted by atomic mass is 10.1. The standard InChI is InChI=1S/C9H10O4S/c1-2-4-7-5-3-6-8(9(7)10)14(11,12)13/h2-3,5-6,10H,1,4H2,(H,11,12,13). The van der Waals surface area contributed by atoms with Gasteiger partial charge in [0.2, 0.25) is 0 Å². The van der Waals surface area contributed by atoms with Gasteiger partial charge in [0, 0.05) is 0 Å². The van der Waals surface area contributed by atoms with E-state index >= 15 is 0 Å². The maximum Gasteiger partial charge on any atom is 0.298 e. The predicted molar refractivity (Wildman–Crippen MR) is 51.8 cm³/mol. The molecule has 0 saturated carbocycles. The van der Waals surface area contributed by atoms with Crippen LogP contribution in [0.1, 0.15) is 5.56 Å². The molecule has 0 aliphatic rings. The van der Waals surface area contributed by atoms with E-state index in [4.69, 9.17) is 4.55 Å². The first-order valence-corrected chi connectivity index (χ1v) is 5.30. The van der Waals surface area contributed by atoms with Crippen molar-refractivity contribution in [3.63, 3.8) is 0 Å². The topological polar surface area (TPSA) is 74.6 Å². The molecule has 0 radical (unpaired) electrons. The Balaban J connectivity index is 3.35. The highest BCUT2D eigenvalue weighted by atomic mass is 32.2. The highest BCUT2D eigenvalue weighted by molar-refractivity contribution is 7.86. The highest BCUT2D eigenvalue weighted by Gasteiger charge is 2.16. The van der Waals surface area contributed by atoms with Crippen LogP contribution in [0, 0.1) is 0 Å². The van der Waals surface area contributed by atoms with E-state index in [9.17, 15) is 13.5 Å². The Bertz CT molecular complexity index is 448. The van der Waals surface area contributed by atoms with Crippen molar-refractivity contribution in [2.24, 2.45) is 0 Å². The molecule has 0 unspecified atom stereocenters. The van der Waals surface area contributed by atoms with E-state index in [1.165, 1.54) is 12.1 Å². The molecule has 0 aliphatic heterocycles. The Hall–Kier alpha value is -1.33. The molecule has 76 valence electrons. The number of rotatable bonds is 3. The number of hydrogen-bond acceptors (Lipinski definition) is 3. The van der Waals surface area contributed by atoms with Gasteiger partial charge in [-0.25, -0.2) is 0 Å². The largest absolute Gasteiger partial charge is 0.506 e. The fourth-order valence-corrected chi connectivity index (χ4v) is 1.72. The predicted octanol–water partition coefficient (Wildman–Crippen LogP) is 1.37. The van der Waals surface area contributed by atoms with Crippen molar-refractivity contribution in [2.45, 2.75) is 11.3 Å². The van der Waals surface area contributed by atoms with Crippen molar-refractivity contribution in [1.29, 1.82) is 0 Å². The van der Waals surface area contributed by atoms with Crippen molar-refractivity contribution < 1.29 is 18.1 Å².